The minimum atomic E-state index is -4.42. The van der Waals surface area contributed by atoms with Crippen molar-refractivity contribution in [3.63, 3.8) is 0 Å². The Morgan fingerprint density at radius 3 is 2.84 bits per heavy atom. The molecule has 1 fully saturated rings. The van der Waals surface area contributed by atoms with Crippen molar-refractivity contribution in [1.29, 1.82) is 0 Å². The first-order valence-corrected chi connectivity index (χ1v) is 10.1. The van der Waals surface area contributed by atoms with Crippen LogP contribution in [0.5, 0.6) is 5.75 Å². The Balaban J connectivity index is 1.37. The van der Waals surface area contributed by atoms with Crippen molar-refractivity contribution >= 4 is 5.91 Å². The molecule has 4 rings (SSSR count). The van der Waals surface area contributed by atoms with Crippen LogP contribution in [-0.2, 0) is 12.8 Å². The van der Waals surface area contributed by atoms with Crippen LogP contribution in [0.3, 0.4) is 0 Å². The third kappa shape index (κ3) is 4.74. The molecule has 1 saturated heterocycles. The van der Waals surface area contributed by atoms with Crippen LogP contribution >= 0.6 is 0 Å². The van der Waals surface area contributed by atoms with Gasteiger partial charge in [-0.2, -0.15) is 18.3 Å². The summed E-state index contributed by atoms with van der Waals surface area (Å²) in [6, 6.07) is 6.57. The highest BCUT2D eigenvalue weighted by atomic mass is 19.4. The van der Waals surface area contributed by atoms with Gasteiger partial charge in [0.25, 0.3) is 5.91 Å². The molecule has 2 aromatic heterocycles. The SMILES string of the molecule is Cc1ncc(C(=O)N2CCC(c3cc(COc4cccc(C(F)(F)F)c4)[nH]n3)C2)c(C)n1. The van der Waals surface area contributed by atoms with Gasteiger partial charge >= 0.3 is 6.18 Å². The Kier molecular flexibility index (Phi) is 5.86. The largest absolute Gasteiger partial charge is 0.487 e. The van der Waals surface area contributed by atoms with E-state index in [-0.39, 0.29) is 24.2 Å². The maximum absolute atomic E-state index is 12.8. The summed E-state index contributed by atoms with van der Waals surface area (Å²) in [6.45, 7) is 4.74. The van der Waals surface area contributed by atoms with Gasteiger partial charge < -0.3 is 9.64 Å². The molecule has 1 atom stereocenters. The zero-order valence-corrected chi connectivity index (χ0v) is 17.6. The fourth-order valence-corrected chi connectivity index (χ4v) is 3.74. The summed E-state index contributed by atoms with van der Waals surface area (Å²) in [5, 5.41) is 7.18. The Morgan fingerprint density at radius 1 is 1.28 bits per heavy atom. The molecule has 1 unspecified atom stereocenters. The Labute approximate surface area is 182 Å². The number of H-pyrrole nitrogens is 1. The number of ether oxygens (including phenoxy) is 1. The number of rotatable bonds is 5. The lowest BCUT2D eigenvalue weighted by Crippen LogP contribution is -2.29. The number of nitrogens with one attached hydrogen (secondary N) is 1. The van der Waals surface area contributed by atoms with E-state index in [1.807, 2.05) is 6.07 Å². The van der Waals surface area contributed by atoms with Crippen molar-refractivity contribution < 1.29 is 22.7 Å². The lowest BCUT2D eigenvalue weighted by atomic mass is 10.1. The molecule has 0 bridgehead atoms. The first-order chi connectivity index (χ1) is 15.2. The van der Waals surface area contributed by atoms with E-state index in [4.69, 9.17) is 4.74 Å². The molecule has 1 N–H and O–H groups in total. The van der Waals surface area contributed by atoms with E-state index < -0.39 is 11.7 Å². The van der Waals surface area contributed by atoms with Crippen molar-refractivity contribution in [2.45, 2.75) is 39.0 Å². The molecule has 10 heteroatoms. The predicted octanol–water partition coefficient (Wildman–Crippen LogP) is 4.04. The molecule has 0 saturated carbocycles. The smallest absolute Gasteiger partial charge is 0.416 e. The Hall–Kier alpha value is -3.43. The van der Waals surface area contributed by atoms with Gasteiger partial charge in [-0.1, -0.05) is 6.07 Å². The molecular weight excluding hydrogens is 423 g/mol. The van der Waals surface area contributed by atoms with E-state index in [2.05, 4.69) is 20.2 Å². The normalized spacial score (nSPS) is 16.4. The molecule has 0 radical (unpaired) electrons. The van der Waals surface area contributed by atoms with Gasteiger partial charge in [0, 0.05) is 25.2 Å². The number of hydrogen-bond donors (Lipinski definition) is 1. The number of hydrogen-bond acceptors (Lipinski definition) is 5. The first-order valence-electron chi connectivity index (χ1n) is 10.1. The van der Waals surface area contributed by atoms with E-state index in [1.54, 1.807) is 24.9 Å². The van der Waals surface area contributed by atoms with Crippen LogP contribution < -0.4 is 4.74 Å². The standard InChI is InChI=1S/C22H22F3N5O2/c1-13-19(10-26-14(2)27-13)21(31)30-7-6-15(11-30)20-9-17(28-29-20)12-32-18-5-3-4-16(8-18)22(23,24)25/h3-5,8-10,15H,6-7,11-12H2,1-2H3,(H,28,29). The zero-order valence-electron chi connectivity index (χ0n) is 17.6. The first kappa shape index (κ1) is 21.8. The van der Waals surface area contributed by atoms with Crippen LogP contribution in [0.1, 0.15) is 51.2 Å². The Morgan fingerprint density at radius 2 is 2.09 bits per heavy atom. The number of carbonyl (C=O) groups excluding carboxylic acids is 1. The fourth-order valence-electron chi connectivity index (χ4n) is 3.74. The van der Waals surface area contributed by atoms with Crippen molar-refractivity contribution in [3.05, 3.63) is 70.6 Å². The monoisotopic (exact) mass is 445 g/mol. The molecule has 0 aliphatic carbocycles. The molecule has 1 amide bonds. The molecule has 32 heavy (non-hydrogen) atoms. The van der Waals surface area contributed by atoms with Gasteiger partial charge in [-0.3, -0.25) is 9.89 Å². The molecule has 1 aliphatic rings. The lowest BCUT2D eigenvalue weighted by Gasteiger charge is -2.17. The second kappa shape index (κ2) is 8.60. The molecule has 3 aromatic rings. The molecular formula is C22H22F3N5O2. The summed E-state index contributed by atoms with van der Waals surface area (Å²) in [4.78, 5) is 23.0. The van der Waals surface area contributed by atoms with Crippen LogP contribution in [0, 0.1) is 13.8 Å². The molecule has 168 valence electrons. The van der Waals surface area contributed by atoms with Gasteiger partial charge in [0.1, 0.15) is 18.2 Å². The molecule has 1 aromatic carbocycles. The highest BCUT2D eigenvalue weighted by molar-refractivity contribution is 5.95. The summed E-state index contributed by atoms with van der Waals surface area (Å²) in [5.41, 5.74) is 1.82. The van der Waals surface area contributed by atoms with Crippen molar-refractivity contribution in [2.75, 3.05) is 13.1 Å². The number of nitrogens with zero attached hydrogens (tertiary/aromatic N) is 4. The van der Waals surface area contributed by atoms with E-state index in [9.17, 15) is 18.0 Å². The van der Waals surface area contributed by atoms with Gasteiger partial charge in [-0.05, 0) is 44.5 Å². The predicted molar refractivity (Wildman–Crippen MR) is 109 cm³/mol. The summed E-state index contributed by atoms with van der Waals surface area (Å²) >= 11 is 0. The molecule has 1 aliphatic heterocycles. The van der Waals surface area contributed by atoms with E-state index >= 15 is 0 Å². The second-order valence-corrected chi connectivity index (χ2v) is 7.79. The number of aromatic nitrogens is 4. The minimum absolute atomic E-state index is 0.0591. The summed E-state index contributed by atoms with van der Waals surface area (Å²) in [5.74, 6) is 0.705. The van der Waals surface area contributed by atoms with Gasteiger partial charge in [-0.25, -0.2) is 9.97 Å². The summed E-state index contributed by atoms with van der Waals surface area (Å²) in [7, 11) is 0. The molecule has 7 nitrogen and oxygen atoms in total. The van der Waals surface area contributed by atoms with Gasteiger partial charge in [0.15, 0.2) is 0 Å². The number of amides is 1. The minimum Gasteiger partial charge on any atom is -0.487 e. The van der Waals surface area contributed by atoms with Gasteiger partial charge in [0.2, 0.25) is 0 Å². The van der Waals surface area contributed by atoms with Crippen molar-refractivity contribution in [1.82, 2.24) is 25.1 Å². The zero-order chi connectivity index (χ0) is 22.9. The quantitative estimate of drug-likeness (QED) is 0.641. The molecule has 0 spiro atoms. The highest BCUT2D eigenvalue weighted by Crippen LogP contribution is 2.32. The number of benzene rings is 1. The van der Waals surface area contributed by atoms with E-state index in [0.29, 0.717) is 35.9 Å². The van der Waals surface area contributed by atoms with Gasteiger partial charge in [0.05, 0.1) is 28.2 Å². The van der Waals surface area contributed by atoms with Crippen LogP contribution in [-0.4, -0.2) is 44.1 Å². The topological polar surface area (TPSA) is 84.0 Å². The third-order valence-corrected chi connectivity index (χ3v) is 5.43. The van der Waals surface area contributed by atoms with Crippen LogP contribution in [0.4, 0.5) is 13.2 Å². The fraction of sp³-hybridized carbons (Fsp3) is 0.364. The van der Waals surface area contributed by atoms with E-state index in [0.717, 1.165) is 24.2 Å². The van der Waals surface area contributed by atoms with E-state index in [1.165, 1.54) is 12.1 Å². The maximum Gasteiger partial charge on any atom is 0.416 e. The average molecular weight is 445 g/mol. The number of halogens is 3. The van der Waals surface area contributed by atoms with Crippen LogP contribution in [0.15, 0.2) is 36.5 Å². The molecule has 3 heterocycles. The summed E-state index contributed by atoms with van der Waals surface area (Å²) in [6.07, 6.45) is -2.10. The number of carbonyl (C=O) groups is 1. The highest BCUT2D eigenvalue weighted by Gasteiger charge is 2.31. The number of aryl methyl sites for hydroxylation is 2. The van der Waals surface area contributed by atoms with Crippen molar-refractivity contribution in [2.24, 2.45) is 0 Å². The maximum atomic E-state index is 12.8. The van der Waals surface area contributed by atoms with Crippen LogP contribution in [0.25, 0.3) is 0 Å². The average Bonchev–Trinajstić information content (AvgIpc) is 3.41. The summed E-state index contributed by atoms with van der Waals surface area (Å²) < 4.78 is 44.0. The number of alkyl halides is 3. The third-order valence-electron chi connectivity index (χ3n) is 5.43. The van der Waals surface area contributed by atoms with Crippen LogP contribution in [0.2, 0.25) is 0 Å². The number of aromatic amines is 1. The lowest BCUT2D eigenvalue weighted by molar-refractivity contribution is -0.137. The number of likely N-dealkylation sites (tertiary alicyclic amines) is 1. The second-order valence-electron chi connectivity index (χ2n) is 7.79. The Bertz CT molecular complexity index is 1130. The van der Waals surface area contributed by atoms with Crippen molar-refractivity contribution in [3.8, 4) is 5.75 Å². The van der Waals surface area contributed by atoms with Gasteiger partial charge in [-0.15, -0.1) is 0 Å².